The van der Waals surface area contributed by atoms with Gasteiger partial charge in [-0.05, 0) is 36.4 Å². The zero-order chi connectivity index (χ0) is 11.4. The first-order valence-electron chi connectivity index (χ1n) is 5.05. The molecule has 0 saturated carbocycles. The van der Waals surface area contributed by atoms with E-state index in [1.165, 1.54) is 0 Å². The van der Waals surface area contributed by atoms with Crippen molar-refractivity contribution in [2.75, 3.05) is 18.2 Å². The summed E-state index contributed by atoms with van der Waals surface area (Å²) in [5.74, 6) is 0.819. The monoisotopic (exact) mass is 286 g/mol. The Labute approximate surface area is 119 Å². The van der Waals surface area contributed by atoms with Crippen molar-refractivity contribution in [3.8, 4) is 5.75 Å². The summed E-state index contributed by atoms with van der Waals surface area (Å²) >= 11 is 0. The molecule has 2 rings (SSSR count). The normalized spacial score (nSPS) is 8.72. The zero-order valence-electron chi connectivity index (χ0n) is 9.92. The summed E-state index contributed by atoms with van der Waals surface area (Å²) in [6.45, 7) is 0. The number of anilines is 3. The van der Waals surface area contributed by atoms with Gasteiger partial charge in [0.25, 0.3) is 0 Å². The molecular weight excluding hydrogens is 271 g/mol. The lowest BCUT2D eigenvalue weighted by Crippen LogP contribution is -1.94. The molecule has 3 nitrogen and oxygen atoms in total. The van der Waals surface area contributed by atoms with Gasteiger partial charge in [0.05, 0.1) is 12.8 Å². The standard InChI is InChI=1S/C13H14N2O.2ClH/c1-16-13-5-3-2-4-12(13)15-11-8-6-10(14)7-9-11;;/h2-9,15H,14H2,1H3;2*1H. The quantitative estimate of drug-likeness (QED) is 0.842. The van der Waals surface area contributed by atoms with Crippen molar-refractivity contribution in [1.82, 2.24) is 0 Å². The lowest BCUT2D eigenvalue weighted by atomic mass is 10.2. The molecule has 0 fully saturated rings. The maximum Gasteiger partial charge on any atom is 0.142 e. The third-order valence-electron chi connectivity index (χ3n) is 2.30. The fourth-order valence-corrected chi connectivity index (χ4v) is 1.47. The van der Waals surface area contributed by atoms with Crippen molar-refractivity contribution in [2.24, 2.45) is 0 Å². The number of benzene rings is 2. The Morgan fingerprint density at radius 1 is 0.944 bits per heavy atom. The number of hydrogen-bond donors (Lipinski definition) is 2. The molecule has 0 aliphatic rings. The van der Waals surface area contributed by atoms with Gasteiger partial charge in [-0.2, -0.15) is 0 Å². The predicted octanol–water partition coefficient (Wildman–Crippen LogP) is 3.86. The van der Waals surface area contributed by atoms with E-state index in [1.54, 1.807) is 7.11 Å². The minimum Gasteiger partial charge on any atom is -0.495 e. The van der Waals surface area contributed by atoms with E-state index in [1.807, 2.05) is 48.5 Å². The van der Waals surface area contributed by atoms with Crippen LogP contribution in [-0.2, 0) is 0 Å². The minimum absolute atomic E-state index is 0. The highest BCUT2D eigenvalue weighted by Gasteiger charge is 2.00. The van der Waals surface area contributed by atoms with E-state index < -0.39 is 0 Å². The lowest BCUT2D eigenvalue weighted by Gasteiger charge is -2.10. The summed E-state index contributed by atoms with van der Waals surface area (Å²) in [5.41, 5.74) is 8.30. The fraction of sp³-hybridized carbons (Fsp3) is 0.0769. The van der Waals surface area contributed by atoms with E-state index in [-0.39, 0.29) is 24.8 Å². The largest absolute Gasteiger partial charge is 0.495 e. The molecule has 0 heterocycles. The third-order valence-corrected chi connectivity index (χ3v) is 2.30. The van der Waals surface area contributed by atoms with Crippen LogP contribution in [0.2, 0.25) is 0 Å². The van der Waals surface area contributed by atoms with Gasteiger partial charge in [0, 0.05) is 11.4 Å². The van der Waals surface area contributed by atoms with Crippen LogP contribution in [-0.4, -0.2) is 7.11 Å². The van der Waals surface area contributed by atoms with Crippen LogP contribution in [0.15, 0.2) is 48.5 Å². The smallest absolute Gasteiger partial charge is 0.142 e. The predicted molar refractivity (Wildman–Crippen MR) is 81.6 cm³/mol. The van der Waals surface area contributed by atoms with Crippen molar-refractivity contribution < 1.29 is 4.74 Å². The van der Waals surface area contributed by atoms with Gasteiger partial charge in [0.1, 0.15) is 5.75 Å². The molecule has 5 heteroatoms. The third kappa shape index (κ3) is 4.02. The molecule has 0 unspecified atom stereocenters. The maximum absolute atomic E-state index is 5.62. The van der Waals surface area contributed by atoms with Crippen molar-refractivity contribution in [3.05, 3.63) is 48.5 Å². The van der Waals surface area contributed by atoms with E-state index in [0.29, 0.717) is 0 Å². The molecule has 0 spiro atoms. The molecule has 2 aromatic carbocycles. The number of nitrogen functional groups attached to an aromatic ring is 1. The molecule has 0 amide bonds. The Morgan fingerprint density at radius 2 is 1.56 bits per heavy atom. The highest BCUT2D eigenvalue weighted by Crippen LogP contribution is 2.27. The van der Waals surface area contributed by atoms with Crippen molar-refractivity contribution in [3.63, 3.8) is 0 Å². The second-order valence-electron chi connectivity index (χ2n) is 3.45. The highest BCUT2D eigenvalue weighted by atomic mass is 35.5. The van der Waals surface area contributed by atoms with Crippen LogP contribution in [0.25, 0.3) is 0 Å². The van der Waals surface area contributed by atoms with Crippen LogP contribution in [0.1, 0.15) is 0 Å². The molecule has 0 aliphatic carbocycles. The second-order valence-corrected chi connectivity index (χ2v) is 3.45. The van der Waals surface area contributed by atoms with Gasteiger partial charge in [-0.3, -0.25) is 0 Å². The molecule has 0 bridgehead atoms. The van der Waals surface area contributed by atoms with Gasteiger partial charge in [0.2, 0.25) is 0 Å². The lowest BCUT2D eigenvalue weighted by molar-refractivity contribution is 0.417. The molecule has 98 valence electrons. The molecule has 18 heavy (non-hydrogen) atoms. The number of ether oxygens (including phenoxy) is 1. The van der Waals surface area contributed by atoms with E-state index >= 15 is 0 Å². The van der Waals surface area contributed by atoms with Crippen LogP contribution >= 0.6 is 24.8 Å². The second kappa shape index (κ2) is 7.69. The van der Waals surface area contributed by atoms with Crippen molar-refractivity contribution in [1.29, 1.82) is 0 Å². The van der Waals surface area contributed by atoms with Gasteiger partial charge in [-0.1, -0.05) is 12.1 Å². The average Bonchev–Trinajstić information content (AvgIpc) is 2.33. The van der Waals surface area contributed by atoms with Crippen LogP contribution < -0.4 is 15.8 Å². The summed E-state index contributed by atoms with van der Waals surface area (Å²) < 4.78 is 5.25. The SMILES string of the molecule is COc1ccccc1Nc1ccc(N)cc1.Cl.Cl. The van der Waals surface area contributed by atoms with Crippen LogP contribution in [0.3, 0.4) is 0 Å². The number of halogens is 2. The Morgan fingerprint density at radius 3 is 2.17 bits per heavy atom. The number of hydrogen-bond acceptors (Lipinski definition) is 3. The Hall–Kier alpha value is -1.58. The molecule has 0 radical (unpaired) electrons. The number of nitrogens with one attached hydrogen (secondary N) is 1. The average molecular weight is 287 g/mol. The van der Waals surface area contributed by atoms with Gasteiger partial charge >= 0.3 is 0 Å². The molecule has 0 aromatic heterocycles. The van der Waals surface area contributed by atoms with Gasteiger partial charge in [-0.25, -0.2) is 0 Å². The van der Waals surface area contributed by atoms with E-state index in [2.05, 4.69) is 5.32 Å². The summed E-state index contributed by atoms with van der Waals surface area (Å²) in [6.07, 6.45) is 0. The van der Waals surface area contributed by atoms with Crippen LogP contribution in [0.5, 0.6) is 5.75 Å². The summed E-state index contributed by atoms with van der Waals surface area (Å²) in [7, 11) is 1.66. The Kier molecular flexibility index (Phi) is 7.01. The summed E-state index contributed by atoms with van der Waals surface area (Å²) in [6, 6.07) is 15.4. The number of methoxy groups -OCH3 is 1. The van der Waals surface area contributed by atoms with E-state index in [4.69, 9.17) is 10.5 Å². The molecule has 3 N–H and O–H groups in total. The van der Waals surface area contributed by atoms with E-state index in [9.17, 15) is 0 Å². The summed E-state index contributed by atoms with van der Waals surface area (Å²) in [4.78, 5) is 0. The topological polar surface area (TPSA) is 47.3 Å². The van der Waals surface area contributed by atoms with Crippen LogP contribution in [0.4, 0.5) is 17.1 Å². The molecule has 0 aliphatic heterocycles. The fourth-order valence-electron chi connectivity index (χ4n) is 1.47. The van der Waals surface area contributed by atoms with Gasteiger partial charge in [-0.15, -0.1) is 24.8 Å². The first-order valence-corrected chi connectivity index (χ1v) is 5.05. The van der Waals surface area contributed by atoms with Crippen LogP contribution in [0, 0.1) is 0 Å². The number of rotatable bonds is 3. The van der Waals surface area contributed by atoms with Gasteiger partial charge in [0.15, 0.2) is 0 Å². The number of nitrogens with two attached hydrogens (primary N) is 1. The molecular formula is C13H16Cl2N2O. The molecule has 0 saturated heterocycles. The van der Waals surface area contributed by atoms with Crippen molar-refractivity contribution in [2.45, 2.75) is 0 Å². The molecule has 2 aromatic rings. The molecule has 0 atom stereocenters. The van der Waals surface area contributed by atoms with Gasteiger partial charge < -0.3 is 15.8 Å². The first-order chi connectivity index (χ1) is 7.79. The highest BCUT2D eigenvalue weighted by molar-refractivity contribution is 5.85. The maximum atomic E-state index is 5.62. The van der Waals surface area contributed by atoms with Crippen molar-refractivity contribution >= 4 is 41.9 Å². The number of para-hydroxylation sites is 2. The first kappa shape index (κ1) is 16.4. The minimum atomic E-state index is 0. The summed E-state index contributed by atoms with van der Waals surface area (Å²) in [5, 5.41) is 3.27. The zero-order valence-corrected chi connectivity index (χ0v) is 11.6. The Balaban J connectivity index is 0.00000144. The Bertz CT molecular complexity index is 475. The van der Waals surface area contributed by atoms with E-state index in [0.717, 1.165) is 22.8 Å².